The number of carbonyl (C=O) groups excluding carboxylic acids is 1. The second-order valence-corrected chi connectivity index (χ2v) is 6.33. The van der Waals surface area contributed by atoms with Crippen LogP contribution in [0.3, 0.4) is 0 Å². The summed E-state index contributed by atoms with van der Waals surface area (Å²) in [5.74, 6) is 0.511. The van der Waals surface area contributed by atoms with Crippen molar-refractivity contribution in [3.8, 4) is 10.4 Å². The summed E-state index contributed by atoms with van der Waals surface area (Å²) < 4.78 is 12.9. The van der Waals surface area contributed by atoms with E-state index in [-0.39, 0.29) is 11.7 Å². The van der Waals surface area contributed by atoms with E-state index in [0.717, 1.165) is 22.7 Å². The van der Waals surface area contributed by atoms with E-state index in [9.17, 15) is 9.18 Å². The maximum atomic E-state index is 12.9. The maximum absolute atomic E-state index is 12.9. The number of carbonyl (C=O) groups is 1. The zero-order valence-corrected chi connectivity index (χ0v) is 12.1. The van der Waals surface area contributed by atoms with Crippen molar-refractivity contribution in [1.29, 1.82) is 0 Å². The monoisotopic (exact) mass is 306 g/mol. The number of thioether (sulfide) groups is 1. The van der Waals surface area contributed by atoms with Crippen molar-refractivity contribution >= 4 is 34.2 Å². The van der Waals surface area contributed by atoms with Gasteiger partial charge in [0.25, 0.3) is 5.91 Å². The van der Waals surface area contributed by atoms with Crippen LogP contribution in [0.25, 0.3) is 10.4 Å². The molecule has 0 saturated carbocycles. The van der Waals surface area contributed by atoms with Gasteiger partial charge >= 0.3 is 0 Å². The summed E-state index contributed by atoms with van der Waals surface area (Å²) >= 11 is 2.94. The van der Waals surface area contributed by atoms with Gasteiger partial charge in [0.15, 0.2) is 5.17 Å². The van der Waals surface area contributed by atoms with Crippen LogP contribution in [0, 0.1) is 5.82 Å². The molecule has 102 valence electrons. The molecule has 1 N–H and O–H groups in total. The van der Waals surface area contributed by atoms with E-state index in [1.165, 1.54) is 23.5 Å². The fraction of sp³-hybridized carbons (Fsp3) is 0.143. The van der Waals surface area contributed by atoms with Gasteiger partial charge in [-0.1, -0.05) is 23.9 Å². The van der Waals surface area contributed by atoms with Crippen molar-refractivity contribution in [3.05, 3.63) is 47.1 Å². The summed E-state index contributed by atoms with van der Waals surface area (Å²) in [6, 6.07) is 9.90. The molecule has 0 bridgehead atoms. The number of amidine groups is 1. The molecule has 0 spiro atoms. The Hall–Kier alpha value is -1.66. The van der Waals surface area contributed by atoms with Crippen LogP contribution >= 0.6 is 23.1 Å². The maximum Gasteiger partial charge on any atom is 0.267 e. The molecule has 6 heteroatoms. The van der Waals surface area contributed by atoms with E-state index in [1.807, 2.05) is 6.07 Å². The molecule has 0 unspecified atom stereocenters. The standard InChI is InChI=1S/C14H11FN2OS2/c15-10-3-1-9(2-4-10)11-5-6-12(20-11)13(18)17-14-16-7-8-19-14/h1-6H,7-8H2,(H,16,17,18). The van der Waals surface area contributed by atoms with E-state index in [4.69, 9.17) is 0 Å². The lowest BCUT2D eigenvalue weighted by Crippen LogP contribution is -2.26. The summed E-state index contributed by atoms with van der Waals surface area (Å²) in [5.41, 5.74) is 0.906. The number of thiophene rings is 1. The van der Waals surface area contributed by atoms with Crippen molar-refractivity contribution in [2.75, 3.05) is 12.3 Å². The van der Waals surface area contributed by atoms with Crippen LogP contribution in [0.2, 0.25) is 0 Å². The number of hydrogen-bond acceptors (Lipinski definition) is 4. The summed E-state index contributed by atoms with van der Waals surface area (Å²) in [6.07, 6.45) is 0. The molecule has 0 fully saturated rings. The summed E-state index contributed by atoms with van der Waals surface area (Å²) in [7, 11) is 0. The fourth-order valence-corrected chi connectivity index (χ4v) is 3.43. The summed E-state index contributed by atoms with van der Waals surface area (Å²) in [4.78, 5) is 17.8. The van der Waals surface area contributed by atoms with Gasteiger partial charge in [0.2, 0.25) is 0 Å². The van der Waals surface area contributed by atoms with Crippen LogP contribution in [0.5, 0.6) is 0 Å². The van der Waals surface area contributed by atoms with Crippen molar-refractivity contribution in [2.45, 2.75) is 0 Å². The lowest BCUT2D eigenvalue weighted by atomic mass is 10.2. The Bertz CT molecular complexity index is 664. The first-order chi connectivity index (χ1) is 9.72. The van der Waals surface area contributed by atoms with Gasteiger partial charge in [-0.2, -0.15) is 0 Å². The SMILES string of the molecule is O=C(NC1=NCCS1)c1ccc(-c2ccc(F)cc2)s1. The van der Waals surface area contributed by atoms with E-state index in [1.54, 1.807) is 30.0 Å². The Labute approximate surface area is 123 Å². The second kappa shape index (κ2) is 5.76. The predicted octanol–water partition coefficient (Wildman–Crippen LogP) is 3.39. The molecule has 20 heavy (non-hydrogen) atoms. The molecule has 3 rings (SSSR count). The van der Waals surface area contributed by atoms with Gasteiger partial charge in [0, 0.05) is 10.6 Å². The molecule has 2 heterocycles. The molecule has 3 nitrogen and oxygen atoms in total. The average molecular weight is 306 g/mol. The number of nitrogens with one attached hydrogen (secondary N) is 1. The van der Waals surface area contributed by atoms with E-state index in [2.05, 4.69) is 10.3 Å². The summed E-state index contributed by atoms with van der Waals surface area (Å²) in [5, 5.41) is 3.48. The molecule has 0 atom stereocenters. The first kappa shape index (κ1) is 13.3. The highest BCUT2D eigenvalue weighted by atomic mass is 32.2. The third-order valence-corrected chi connectivity index (χ3v) is 4.79. The zero-order valence-electron chi connectivity index (χ0n) is 10.4. The lowest BCUT2D eigenvalue weighted by molar-refractivity contribution is 0.0982. The van der Waals surface area contributed by atoms with Gasteiger partial charge in [-0.15, -0.1) is 11.3 Å². The van der Waals surface area contributed by atoms with Gasteiger partial charge < -0.3 is 5.32 Å². The predicted molar refractivity (Wildman–Crippen MR) is 81.9 cm³/mol. The van der Waals surface area contributed by atoms with E-state index in [0.29, 0.717) is 10.0 Å². The van der Waals surface area contributed by atoms with Crippen LogP contribution in [-0.4, -0.2) is 23.4 Å². The van der Waals surface area contributed by atoms with Crippen LogP contribution in [-0.2, 0) is 0 Å². The number of amides is 1. The third-order valence-electron chi connectivity index (χ3n) is 2.76. The number of benzene rings is 1. The molecule has 1 aliphatic heterocycles. The molecule has 0 radical (unpaired) electrons. The number of hydrogen-bond donors (Lipinski definition) is 1. The van der Waals surface area contributed by atoms with Gasteiger partial charge in [0.1, 0.15) is 5.82 Å². The highest BCUT2D eigenvalue weighted by Gasteiger charge is 2.14. The Morgan fingerprint density at radius 3 is 2.70 bits per heavy atom. The minimum absolute atomic E-state index is 0.142. The zero-order chi connectivity index (χ0) is 13.9. The molecule has 0 aliphatic carbocycles. The molecule has 0 saturated heterocycles. The average Bonchev–Trinajstić information content (AvgIpc) is 3.10. The molecule has 1 aromatic carbocycles. The number of rotatable bonds is 2. The molecule has 1 amide bonds. The lowest BCUT2D eigenvalue weighted by Gasteiger charge is -2.01. The normalized spacial score (nSPS) is 14.2. The topological polar surface area (TPSA) is 41.5 Å². The quantitative estimate of drug-likeness (QED) is 0.924. The third kappa shape index (κ3) is 2.91. The van der Waals surface area contributed by atoms with E-state index >= 15 is 0 Å². The Kier molecular flexibility index (Phi) is 3.84. The smallest absolute Gasteiger partial charge is 0.267 e. The Balaban J connectivity index is 1.76. The number of halogens is 1. The van der Waals surface area contributed by atoms with Crippen LogP contribution in [0.1, 0.15) is 9.67 Å². The van der Waals surface area contributed by atoms with Gasteiger partial charge in [0.05, 0.1) is 11.4 Å². The highest BCUT2D eigenvalue weighted by Crippen LogP contribution is 2.28. The summed E-state index contributed by atoms with van der Waals surface area (Å²) in [6.45, 7) is 0.756. The van der Waals surface area contributed by atoms with Crippen LogP contribution in [0.15, 0.2) is 41.4 Å². The van der Waals surface area contributed by atoms with Crippen LogP contribution < -0.4 is 5.32 Å². The van der Waals surface area contributed by atoms with Crippen LogP contribution in [0.4, 0.5) is 4.39 Å². The van der Waals surface area contributed by atoms with Crippen molar-refractivity contribution < 1.29 is 9.18 Å². The Morgan fingerprint density at radius 2 is 2.00 bits per heavy atom. The molecule has 1 aliphatic rings. The van der Waals surface area contributed by atoms with Crippen molar-refractivity contribution in [2.24, 2.45) is 4.99 Å². The highest BCUT2D eigenvalue weighted by molar-refractivity contribution is 8.14. The first-order valence-corrected chi connectivity index (χ1v) is 7.87. The molecular weight excluding hydrogens is 295 g/mol. The van der Waals surface area contributed by atoms with E-state index < -0.39 is 0 Å². The van der Waals surface area contributed by atoms with Gasteiger partial charge in [-0.3, -0.25) is 9.79 Å². The minimum atomic E-state index is -0.264. The van der Waals surface area contributed by atoms with Crippen molar-refractivity contribution in [1.82, 2.24) is 5.32 Å². The first-order valence-electron chi connectivity index (χ1n) is 6.07. The second-order valence-electron chi connectivity index (χ2n) is 4.16. The molecule has 2 aromatic rings. The number of aliphatic imine (C=N–C) groups is 1. The number of nitrogens with zero attached hydrogens (tertiary/aromatic N) is 1. The fourth-order valence-electron chi connectivity index (χ4n) is 1.80. The minimum Gasteiger partial charge on any atom is -0.301 e. The molecule has 1 aromatic heterocycles. The van der Waals surface area contributed by atoms with Gasteiger partial charge in [-0.05, 0) is 29.8 Å². The largest absolute Gasteiger partial charge is 0.301 e. The Morgan fingerprint density at radius 1 is 1.20 bits per heavy atom. The van der Waals surface area contributed by atoms with Gasteiger partial charge in [-0.25, -0.2) is 4.39 Å². The molecular formula is C14H11FN2OS2. The van der Waals surface area contributed by atoms with Crippen molar-refractivity contribution in [3.63, 3.8) is 0 Å².